The number of piperidine rings is 3. The Morgan fingerprint density at radius 1 is 1.02 bits per heavy atom. The quantitative estimate of drug-likeness (QED) is 0.392. The van der Waals surface area contributed by atoms with E-state index in [-0.39, 0.29) is 40.8 Å². The largest absolute Gasteiger partial charge is 0.451 e. The fourth-order valence-electron chi connectivity index (χ4n) is 8.17. The number of benzene rings is 1. The minimum Gasteiger partial charge on any atom is -0.451 e. The van der Waals surface area contributed by atoms with Crippen LogP contribution in [-0.2, 0) is 10.2 Å². The zero-order valence-electron chi connectivity index (χ0n) is 29.4. The second kappa shape index (κ2) is 14.7. The number of likely N-dealkylation sites (tertiary alicyclic amines) is 1. The number of ether oxygens (including phenoxy) is 1. The molecule has 0 saturated carbocycles. The molecular formula is C35H53FN8O4S. The Bertz CT molecular complexity index is 1560. The molecule has 4 aliphatic rings. The molecular weight excluding hydrogens is 648 g/mol. The van der Waals surface area contributed by atoms with Crippen LogP contribution in [0.4, 0.5) is 10.2 Å². The number of rotatable bonds is 10. The predicted molar refractivity (Wildman–Crippen MR) is 187 cm³/mol. The Kier molecular flexibility index (Phi) is 10.8. The van der Waals surface area contributed by atoms with E-state index in [4.69, 9.17) is 10.5 Å². The molecule has 4 fully saturated rings. The van der Waals surface area contributed by atoms with Gasteiger partial charge in [-0.05, 0) is 103 Å². The summed E-state index contributed by atoms with van der Waals surface area (Å²) in [5.41, 5.74) is 6.43. The van der Waals surface area contributed by atoms with Gasteiger partial charge >= 0.3 is 0 Å². The van der Waals surface area contributed by atoms with Crippen LogP contribution in [-0.4, -0.2) is 120 Å². The zero-order chi connectivity index (χ0) is 34.9. The first-order chi connectivity index (χ1) is 23.3. The van der Waals surface area contributed by atoms with Gasteiger partial charge in [0.15, 0.2) is 11.6 Å². The molecule has 0 bridgehead atoms. The predicted octanol–water partition coefficient (Wildman–Crippen LogP) is 3.95. The smallest absolute Gasteiger partial charge is 0.282 e. The summed E-state index contributed by atoms with van der Waals surface area (Å²) in [7, 11) is -3.43. The van der Waals surface area contributed by atoms with Crippen molar-refractivity contribution in [2.45, 2.75) is 84.3 Å². The summed E-state index contributed by atoms with van der Waals surface area (Å²) in [6.45, 7) is 14.7. The highest BCUT2D eigenvalue weighted by molar-refractivity contribution is 7.86. The lowest BCUT2D eigenvalue weighted by molar-refractivity contribution is 0.0607. The van der Waals surface area contributed by atoms with E-state index in [1.54, 1.807) is 19.7 Å². The summed E-state index contributed by atoms with van der Waals surface area (Å²) in [6.07, 6.45) is 8.77. The number of nitrogens with two attached hydrogens (primary N) is 1. The van der Waals surface area contributed by atoms with Crippen molar-refractivity contribution in [3.63, 3.8) is 0 Å². The molecule has 4 saturated heterocycles. The van der Waals surface area contributed by atoms with E-state index in [0.717, 1.165) is 71.2 Å². The van der Waals surface area contributed by atoms with Gasteiger partial charge in [0.2, 0.25) is 0 Å². The topological polar surface area (TPSA) is 128 Å². The average molecular weight is 701 g/mol. The van der Waals surface area contributed by atoms with Gasteiger partial charge in [0.25, 0.3) is 16.1 Å². The Morgan fingerprint density at radius 2 is 1.71 bits per heavy atom. The van der Waals surface area contributed by atoms with Crippen molar-refractivity contribution >= 4 is 21.9 Å². The van der Waals surface area contributed by atoms with Crippen LogP contribution < -0.4 is 15.4 Å². The first-order valence-electron chi connectivity index (χ1n) is 17.9. The number of nitrogens with zero attached hydrogens (tertiary/aromatic N) is 7. The number of hydrogen-bond donors (Lipinski definition) is 1. The molecule has 14 heteroatoms. The maximum Gasteiger partial charge on any atom is 0.282 e. The number of amides is 1. The van der Waals surface area contributed by atoms with Crippen molar-refractivity contribution in [2.24, 2.45) is 17.1 Å². The molecule has 1 aromatic carbocycles. The molecule has 49 heavy (non-hydrogen) atoms. The summed E-state index contributed by atoms with van der Waals surface area (Å²) in [4.78, 5) is 28.8. The van der Waals surface area contributed by atoms with Gasteiger partial charge in [0, 0.05) is 69.4 Å². The Hall–Kier alpha value is -2.91. The maximum atomic E-state index is 14.4. The molecule has 6 rings (SSSR count). The number of carbonyl (C=O) groups excluding carboxylic acids is 1. The normalized spacial score (nSPS) is 22.9. The van der Waals surface area contributed by atoms with Gasteiger partial charge in [0.05, 0.1) is 11.8 Å². The third-order valence-corrected chi connectivity index (χ3v) is 12.8. The minimum absolute atomic E-state index is 0.0653. The van der Waals surface area contributed by atoms with E-state index in [2.05, 4.69) is 19.8 Å². The van der Waals surface area contributed by atoms with Gasteiger partial charge < -0.3 is 25.2 Å². The number of hydrogen-bond acceptors (Lipinski definition) is 9. The second-order valence-corrected chi connectivity index (χ2v) is 17.0. The zero-order valence-corrected chi connectivity index (χ0v) is 30.2. The lowest BCUT2D eigenvalue weighted by Crippen LogP contribution is -2.61. The molecule has 0 aliphatic carbocycles. The monoisotopic (exact) mass is 700 g/mol. The molecule has 270 valence electrons. The van der Waals surface area contributed by atoms with E-state index < -0.39 is 16.0 Å². The van der Waals surface area contributed by atoms with E-state index >= 15 is 0 Å². The van der Waals surface area contributed by atoms with Crippen LogP contribution in [0.25, 0.3) is 0 Å². The summed E-state index contributed by atoms with van der Waals surface area (Å²) in [5.74, 6) is 1.10. The lowest BCUT2D eigenvalue weighted by atomic mass is 9.72. The number of anilines is 1. The molecule has 4 aliphatic heterocycles. The SMILES string of the molecule is CC(C)N(C(=O)c1cc(F)ccc1Oc1cncnc1N1CC2(CCN(CC3CCN(S(=O)(=O)N4CCC[C@@H](N)C4)CC3)CC2)C1)C(C)C. The molecule has 2 aromatic rings. The van der Waals surface area contributed by atoms with Gasteiger partial charge in [-0.25, -0.2) is 14.4 Å². The first kappa shape index (κ1) is 35.9. The van der Waals surface area contributed by atoms with E-state index in [0.29, 0.717) is 43.7 Å². The number of halogens is 1. The Balaban J connectivity index is 1.02. The van der Waals surface area contributed by atoms with Crippen LogP contribution in [0.2, 0.25) is 0 Å². The molecule has 2 N–H and O–H groups in total. The number of aromatic nitrogens is 2. The highest BCUT2D eigenvalue weighted by Crippen LogP contribution is 2.45. The molecule has 1 amide bonds. The van der Waals surface area contributed by atoms with Crippen LogP contribution in [0.3, 0.4) is 0 Å². The Morgan fingerprint density at radius 3 is 2.37 bits per heavy atom. The highest BCUT2D eigenvalue weighted by Gasteiger charge is 2.46. The van der Waals surface area contributed by atoms with Crippen LogP contribution in [0.1, 0.15) is 76.6 Å². The lowest BCUT2D eigenvalue weighted by Gasteiger charge is -2.54. The first-order valence-corrected chi connectivity index (χ1v) is 19.3. The fourth-order valence-corrected chi connectivity index (χ4v) is 9.91. The summed E-state index contributed by atoms with van der Waals surface area (Å²) in [5, 5.41) is 0. The van der Waals surface area contributed by atoms with Crippen molar-refractivity contribution in [2.75, 3.05) is 63.8 Å². The molecule has 12 nitrogen and oxygen atoms in total. The summed E-state index contributed by atoms with van der Waals surface area (Å²) >= 11 is 0. The van der Waals surface area contributed by atoms with Gasteiger partial charge in [0.1, 0.15) is 17.9 Å². The fraction of sp³-hybridized carbons (Fsp3) is 0.686. The van der Waals surface area contributed by atoms with Gasteiger partial charge in [-0.3, -0.25) is 4.79 Å². The van der Waals surface area contributed by atoms with Gasteiger partial charge in [-0.2, -0.15) is 17.0 Å². The third kappa shape index (κ3) is 7.88. The highest BCUT2D eigenvalue weighted by atomic mass is 32.2. The second-order valence-electron chi connectivity index (χ2n) is 15.1. The molecule has 0 unspecified atom stereocenters. The van der Waals surface area contributed by atoms with E-state index in [1.165, 1.54) is 24.5 Å². The van der Waals surface area contributed by atoms with Crippen molar-refractivity contribution in [3.05, 3.63) is 42.1 Å². The molecule has 1 aromatic heterocycles. The van der Waals surface area contributed by atoms with Crippen LogP contribution in [0.15, 0.2) is 30.7 Å². The van der Waals surface area contributed by atoms with Gasteiger partial charge in [-0.15, -0.1) is 0 Å². The standard InChI is InChI=1S/C35H53FN8O4S/c1-25(2)44(26(3)4)34(45)30-18-28(36)7-8-31(30)48-32-19-38-24-39-33(32)41-22-35(23-41)11-16-40(17-12-35)20-27-9-14-42(15-10-27)49(46,47)43-13-5-6-29(37)21-43/h7-8,18-19,24-27,29H,5-6,9-17,20-23,37H2,1-4H3/t29-/m1/s1. The third-order valence-electron chi connectivity index (χ3n) is 10.8. The van der Waals surface area contributed by atoms with Crippen LogP contribution >= 0.6 is 0 Å². The molecule has 0 radical (unpaired) electrons. The average Bonchev–Trinajstić information content (AvgIpc) is 3.05. The maximum absolute atomic E-state index is 14.4. The molecule has 1 spiro atoms. The van der Waals surface area contributed by atoms with Gasteiger partial charge in [-0.1, -0.05) is 0 Å². The van der Waals surface area contributed by atoms with Crippen molar-refractivity contribution in [1.29, 1.82) is 0 Å². The molecule has 1 atom stereocenters. The summed E-state index contributed by atoms with van der Waals surface area (Å²) < 4.78 is 50.3. The minimum atomic E-state index is -3.43. The van der Waals surface area contributed by atoms with Crippen molar-refractivity contribution < 1.29 is 22.3 Å². The van der Waals surface area contributed by atoms with Crippen molar-refractivity contribution in [3.8, 4) is 11.5 Å². The van der Waals surface area contributed by atoms with Crippen LogP contribution in [0.5, 0.6) is 11.5 Å². The summed E-state index contributed by atoms with van der Waals surface area (Å²) in [6, 6.07) is 3.84. The van der Waals surface area contributed by atoms with E-state index in [9.17, 15) is 17.6 Å². The van der Waals surface area contributed by atoms with Crippen molar-refractivity contribution in [1.82, 2.24) is 28.4 Å². The van der Waals surface area contributed by atoms with Crippen LogP contribution in [0, 0.1) is 17.2 Å². The number of carbonyl (C=O) groups is 1. The molecule has 5 heterocycles. The Labute approximate surface area is 291 Å². The van der Waals surface area contributed by atoms with E-state index in [1.807, 2.05) is 27.7 Å².